The Hall–Kier alpha value is -1.85. The van der Waals surface area contributed by atoms with Crippen LogP contribution in [0.2, 0.25) is 10.0 Å². The summed E-state index contributed by atoms with van der Waals surface area (Å²) < 4.78 is 0. The zero-order valence-electron chi connectivity index (χ0n) is 13.9. The zero-order valence-corrected chi connectivity index (χ0v) is 15.4. The first-order chi connectivity index (χ1) is 11.4. The predicted molar refractivity (Wildman–Crippen MR) is 98.4 cm³/mol. The molecule has 5 nitrogen and oxygen atoms in total. The van der Waals surface area contributed by atoms with E-state index in [0.717, 1.165) is 12.8 Å². The van der Waals surface area contributed by atoms with Crippen molar-refractivity contribution >= 4 is 40.6 Å². The second-order valence-corrected chi connectivity index (χ2v) is 6.42. The summed E-state index contributed by atoms with van der Waals surface area (Å²) in [6.45, 7) is 4.54. The molecule has 7 heteroatoms. The lowest BCUT2D eigenvalue weighted by atomic mass is 10.2. The summed E-state index contributed by atoms with van der Waals surface area (Å²) >= 11 is 12.0. The minimum absolute atomic E-state index is 0.124. The van der Waals surface area contributed by atoms with E-state index in [1.54, 1.807) is 43.1 Å². The Morgan fingerprint density at radius 2 is 1.83 bits per heavy atom. The number of hydrogen-bond acceptors (Lipinski definition) is 4. The SMILES string of the molecule is CCCCN(C)C(=O)c1cc(Nc2cc(Cl)cc(Cl)c2)nc(C)n1. The normalized spacial score (nSPS) is 10.5. The number of anilines is 2. The summed E-state index contributed by atoms with van der Waals surface area (Å²) in [6.07, 6.45) is 1.99. The molecule has 128 valence electrons. The Balaban J connectivity index is 2.23. The van der Waals surface area contributed by atoms with Gasteiger partial charge in [0.05, 0.1) is 0 Å². The van der Waals surface area contributed by atoms with Crippen molar-refractivity contribution < 1.29 is 4.79 Å². The number of nitrogens with one attached hydrogen (secondary N) is 1. The minimum Gasteiger partial charge on any atom is -0.340 e. The van der Waals surface area contributed by atoms with Gasteiger partial charge in [0, 0.05) is 35.4 Å². The summed E-state index contributed by atoms with van der Waals surface area (Å²) in [7, 11) is 1.78. The van der Waals surface area contributed by atoms with E-state index in [1.165, 1.54) is 0 Å². The maximum Gasteiger partial charge on any atom is 0.272 e. The van der Waals surface area contributed by atoms with Gasteiger partial charge in [-0.25, -0.2) is 9.97 Å². The summed E-state index contributed by atoms with van der Waals surface area (Å²) in [6, 6.07) is 6.75. The van der Waals surface area contributed by atoms with Crippen LogP contribution < -0.4 is 5.32 Å². The molecule has 1 N–H and O–H groups in total. The van der Waals surface area contributed by atoms with Gasteiger partial charge >= 0.3 is 0 Å². The fraction of sp³-hybridized carbons (Fsp3) is 0.353. The van der Waals surface area contributed by atoms with Crippen molar-refractivity contribution in [2.24, 2.45) is 0 Å². The Labute approximate surface area is 152 Å². The van der Waals surface area contributed by atoms with Crippen LogP contribution in [0.4, 0.5) is 11.5 Å². The standard InChI is InChI=1S/C17H20Cl2N4O/c1-4-5-6-23(3)17(24)15-10-16(21-11(2)20-15)22-14-8-12(18)7-13(19)9-14/h7-10H,4-6H2,1-3H3,(H,20,21,22). The van der Waals surface area contributed by atoms with Crippen molar-refractivity contribution in [3.63, 3.8) is 0 Å². The molecule has 1 amide bonds. The van der Waals surface area contributed by atoms with E-state index >= 15 is 0 Å². The smallest absolute Gasteiger partial charge is 0.272 e. The van der Waals surface area contributed by atoms with Gasteiger partial charge in [-0.05, 0) is 31.5 Å². The lowest BCUT2D eigenvalue weighted by Crippen LogP contribution is -2.28. The molecule has 0 saturated carbocycles. The second kappa shape index (κ2) is 8.31. The summed E-state index contributed by atoms with van der Waals surface area (Å²) in [5.74, 6) is 0.912. The van der Waals surface area contributed by atoms with Gasteiger partial charge in [-0.15, -0.1) is 0 Å². The monoisotopic (exact) mass is 366 g/mol. The number of amides is 1. The van der Waals surface area contributed by atoms with Crippen LogP contribution in [0, 0.1) is 6.92 Å². The van der Waals surface area contributed by atoms with Gasteiger partial charge in [0.15, 0.2) is 0 Å². The van der Waals surface area contributed by atoms with E-state index < -0.39 is 0 Å². The molecule has 0 fully saturated rings. The highest BCUT2D eigenvalue weighted by Crippen LogP contribution is 2.25. The molecule has 0 aliphatic carbocycles. The van der Waals surface area contributed by atoms with Gasteiger partial charge in [-0.1, -0.05) is 36.5 Å². The van der Waals surface area contributed by atoms with E-state index in [1.807, 2.05) is 0 Å². The minimum atomic E-state index is -0.124. The number of benzene rings is 1. The molecule has 0 bridgehead atoms. The van der Waals surface area contributed by atoms with Gasteiger partial charge in [0.1, 0.15) is 17.3 Å². The average Bonchev–Trinajstić information content (AvgIpc) is 2.50. The molecule has 24 heavy (non-hydrogen) atoms. The molecule has 0 aliphatic rings. The molecule has 1 aromatic heterocycles. The molecular weight excluding hydrogens is 347 g/mol. The van der Waals surface area contributed by atoms with Crippen LogP contribution in [0.25, 0.3) is 0 Å². The number of hydrogen-bond donors (Lipinski definition) is 1. The van der Waals surface area contributed by atoms with Crippen molar-refractivity contribution in [2.45, 2.75) is 26.7 Å². The molecule has 1 aromatic carbocycles. The topological polar surface area (TPSA) is 58.1 Å². The quantitative estimate of drug-likeness (QED) is 0.804. The number of nitrogens with zero attached hydrogens (tertiary/aromatic N) is 3. The number of carbonyl (C=O) groups excluding carboxylic acids is 1. The van der Waals surface area contributed by atoms with Crippen LogP contribution in [0.1, 0.15) is 36.1 Å². The van der Waals surface area contributed by atoms with Crippen LogP contribution in [-0.2, 0) is 0 Å². The maximum atomic E-state index is 12.5. The highest BCUT2D eigenvalue weighted by Gasteiger charge is 2.15. The summed E-state index contributed by atoms with van der Waals surface area (Å²) in [5.41, 5.74) is 1.06. The van der Waals surface area contributed by atoms with Crippen LogP contribution in [0.15, 0.2) is 24.3 Å². The lowest BCUT2D eigenvalue weighted by molar-refractivity contribution is 0.0787. The zero-order chi connectivity index (χ0) is 17.7. The third-order valence-corrected chi connectivity index (χ3v) is 3.82. The van der Waals surface area contributed by atoms with E-state index in [9.17, 15) is 4.79 Å². The van der Waals surface area contributed by atoms with E-state index in [4.69, 9.17) is 23.2 Å². The number of halogens is 2. The molecule has 0 atom stereocenters. The fourth-order valence-electron chi connectivity index (χ4n) is 2.21. The highest BCUT2D eigenvalue weighted by atomic mass is 35.5. The molecule has 1 heterocycles. The first-order valence-electron chi connectivity index (χ1n) is 7.73. The lowest BCUT2D eigenvalue weighted by Gasteiger charge is -2.17. The van der Waals surface area contributed by atoms with Crippen molar-refractivity contribution in [1.82, 2.24) is 14.9 Å². The Morgan fingerprint density at radius 1 is 1.17 bits per heavy atom. The second-order valence-electron chi connectivity index (χ2n) is 5.55. The third-order valence-electron chi connectivity index (χ3n) is 3.39. The molecule has 0 saturated heterocycles. The van der Waals surface area contributed by atoms with Gasteiger partial charge in [-0.2, -0.15) is 0 Å². The first kappa shape index (κ1) is 18.5. The van der Waals surface area contributed by atoms with Crippen molar-refractivity contribution in [2.75, 3.05) is 18.9 Å². The molecule has 0 spiro atoms. The van der Waals surface area contributed by atoms with Crippen LogP contribution in [0.5, 0.6) is 0 Å². The van der Waals surface area contributed by atoms with Gasteiger partial charge in [-0.3, -0.25) is 4.79 Å². The molecule has 2 aromatic rings. The average molecular weight is 367 g/mol. The van der Waals surface area contributed by atoms with Crippen molar-refractivity contribution in [3.8, 4) is 0 Å². The number of aromatic nitrogens is 2. The highest BCUT2D eigenvalue weighted by molar-refractivity contribution is 6.35. The number of aryl methyl sites for hydroxylation is 1. The summed E-state index contributed by atoms with van der Waals surface area (Å²) in [5, 5.41) is 4.15. The number of carbonyl (C=O) groups is 1. The van der Waals surface area contributed by atoms with Gasteiger partial charge in [0.25, 0.3) is 5.91 Å². The van der Waals surface area contributed by atoms with Gasteiger partial charge in [0.2, 0.25) is 0 Å². The first-order valence-corrected chi connectivity index (χ1v) is 8.49. The Kier molecular flexibility index (Phi) is 6.40. The number of rotatable bonds is 6. The molecule has 2 rings (SSSR count). The summed E-state index contributed by atoms with van der Waals surface area (Å²) in [4.78, 5) is 22.7. The predicted octanol–water partition coefficient (Wildman–Crippen LogP) is 4.71. The Morgan fingerprint density at radius 3 is 2.46 bits per heavy atom. The largest absolute Gasteiger partial charge is 0.340 e. The molecule has 0 aliphatic heterocycles. The molecule has 0 unspecified atom stereocenters. The molecule has 0 radical (unpaired) electrons. The molecular formula is C17H20Cl2N4O. The van der Waals surface area contributed by atoms with Gasteiger partial charge < -0.3 is 10.2 Å². The van der Waals surface area contributed by atoms with Crippen LogP contribution in [0.3, 0.4) is 0 Å². The van der Waals surface area contributed by atoms with Crippen LogP contribution >= 0.6 is 23.2 Å². The number of unbranched alkanes of at least 4 members (excludes halogenated alkanes) is 1. The van der Waals surface area contributed by atoms with E-state index in [-0.39, 0.29) is 5.91 Å². The van der Waals surface area contributed by atoms with Crippen LogP contribution in [-0.4, -0.2) is 34.4 Å². The fourth-order valence-corrected chi connectivity index (χ4v) is 2.73. The maximum absolute atomic E-state index is 12.5. The van der Waals surface area contributed by atoms with E-state index in [2.05, 4.69) is 22.2 Å². The van der Waals surface area contributed by atoms with E-state index in [0.29, 0.717) is 39.6 Å². The Bertz CT molecular complexity index is 716. The van der Waals surface area contributed by atoms with Crippen molar-refractivity contribution in [3.05, 3.63) is 45.8 Å². The van der Waals surface area contributed by atoms with Crippen molar-refractivity contribution in [1.29, 1.82) is 0 Å². The third kappa shape index (κ3) is 5.08.